The standard InChI is InChI=1S/C40H47F5N6O10/c1-19-10-31-39(59)60-22(4)33(38(58)51-18-27(52)16-30(51)37(57)49(5)21(3)34(54)46-20(2)36(56)50(31)17-19)48-35(55)29(13-24-11-25(41)15-26(42)12-24)47-32(53)14-23-6-8-28(9-7-23)61-40(43,44)45/h6-9,11-12,15,19-22,27,29-31,33,52H,10,13-14,16-18H2,1-5H3,(H,46,54)(H,47,53)(H,48,55)/t19-,20+,21+,22+,27-,29+,30+,31+,33+/m1/s1. The third-order valence-electron chi connectivity index (χ3n) is 10.8. The first kappa shape index (κ1) is 46.2. The number of hydrogen-bond acceptors (Lipinski definition) is 10. The van der Waals surface area contributed by atoms with Gasteiger partial charge in [-0.2, -0.15) is 0 Å². The zero-order valence-electron chi connectivity index (χ0n) is 33.8. The molecule has 0 spiro atoms. The van der Waals surface area contributed by atoms with E-state index in [9.17, 15) is 60.6 Å². The van der Waals surface area contributed by atoms with Gasteiger partial charge in [0.2, 0.25) is 35.4 Å². The Balaban J connectivity index is 1.49. The van der Waals surface area contributed by atoms with Crippen molar-refractivity contribution in [2.45, 2.75) is 108 Å². The number of nitrogens with zero attached hydrogens (tertiary/aromatic N) is 3. The fourth-order valence-electron chi connectivity index (χ4n) is 7.61. The summed E-state index contributed by atoms with van der Waals surface area (Å²) in [6, 6.07) is -1.80. The number of rotatable bonds is 8. The zero-order valence-corrected chi connectivity index (χ0v) is 33.8. The van der Waals surface area contributed by atoms with Crippen LogP contribution in [0, 0.1) is 17.6 Å². The number of alkyl halides is 3. The van der Waals surface area contributed by atoms with Gasteiger partial charge in [0.05, 0.1) is 12.5 Å². The predicted octanol–water partition coefficient (Wildman–Crippen LogP) is 1.11. The van der Waals surface area contributed by atoms with Crippen LogP contribution in [0.3, 0.4) is 0 Å². The Hall–Kier alpha value is -5.86. The smallest absolute Gasteiger partial charge is 0.458 e. The number of hydrogen-bond donors (Lipinski definition) is 4. The van der Waals surface area contributed by atoms with E-state index < -0.39 is 133 Å². The summed E-state index contributed by atoms with van der Waals surface area (Å²) >= 11 is 0. The van der Waals surface area contributed by atoms with E-state index in [1.165, 1.54) is 44.9 Å². The SMILES string of the molecule is C[C@@H]1C[C@H]2C(=O)O[C@@H](C)[C@H](NC(=O)[C@H](Cc3cc(F)cc(F)c3)NC(=O)Cc3ccc(OC(F)(F)F)cc3)C(=O)N3C[C@H](O)C[C@H]3C(=O)N(C)[C@@H](C)C(=O)N[C@@H](C)C(=O)N2C1. The molecule has 2 aromatic carbocycles. The quantitative estimate of drug-likeness (QED) is 0.220. The molecule has 6 amide bonds. The number of aliphatic hydroxyl groups is 1. The van der Waals surface area contributed by atoms with Crippen molar-refractivity contribution in [1.29, 1.82) is 0 Å². The zero-order chi connectivity index (χ0) is 45.1. The number of likely N-dealkylation sites (N-methyl/N-ethyl adjacent to an activating group) is 1. The normalized spacial score (nSPS) is 27.2. The molecule has 61 heavy (non-hydrogen) atoms. The number of nitrogens with one attached hydrogen (secondary N) is 3. The van der Waals surface area contributed by atoms with E-state index >= 15 is 0 Å². The van der Waals surface area contributed by atoms with Gasteiger partial charge in [-0.1, -0.05) is 19.1 Å². The van der Waals surface area contributed by atoms with E-state index in [0.29, 0.717) is 6.07 Å². The summed E-state index contributed by atoms with van der Waals surface area (Å²) in [6.07, 6.45) is -8.97. The van der Waals surface area contributed by atoms with Crippen molar-refractivity contribution >= 4 is 41.4 Å². The second-order valence-electron chi connectivity index (χ2n) is 15.7. The van der Waals surface area contributed by atoms with Crippen LogP contribution in [0.1, 0.15) is 51.7 Å². The number of halogens is 5. The van der Waals surface area contributed by atoms with Crippen LogP contribution in [0.2, 0.25) is 0 Å². The maximum atomic E-state index is 14.6. The predicted molar refractivity (Wildman–Crippen MR) is 202 cm³/mol. The summed E-state index contributed by atoms with van der Waals surface area (Å²) < 4.78 is 76.2. The Labute approximate surface area is 347 Å². The Bertz CT molecular complexity index is 2000. The first-order valence-electron chi connectivity index (χ1n) is 19.5. The van der Waals surface area contributed by atoms with Crippen LogP contribution in [-0.4, -0.2) is 136 Å². The maximum absolute atomic E-state index is 14.6. The number of fused-ring (bicyclic) bond motifs is 2. The highest BCUT2D eigenvalue weighted by atomic mass is 19.4. The van der Waals surface area contributed by atoms with Crippen molar-refractivity contribution in [2.75, 3.05) is 20.1 Å². The number of carbonyl (C=O) groups excluding carboxylic acids is 7. The van der Waals surface area contributed by atoms with Crippen LogP contribution in [0.5, 0.6) is 5.75 Å². The van der Waals surface area contributed by atoms with Crippen LogP contribution in [0.25, 0.3) is 0 Å². The van der Waals surface area contributed by atoms with Gasteiger partial charge >= 0.3 is 12.3 Å². The van der Waals surface area contributed by atoms with Gasteiger partial charge in [0, 0.05) is 39.0 Å². The molecule has 9 atom stereocenters. The Morgan fingerprint density at radius 2 is 1.51 bits per heavy atom. The lowest BCUT2D eigenvalue weighted by Gasteiger charge is -2.36. The summed E-state index contributed by atoms with van der Waals surface area (Å²) in [4.78, 5) is 100. The molecule has 0 aliphatic carbocycles. The van der Waals surface area contributed by atoms with Gasteiger partial charge in [-0.25, -0.2) is 13.6 Å². The molecule has 0 unspecified atom stereocenters. The van der Waals surface area contributed by atoms with Crippen LogP contribution < -0.4 is 20.7 Å². The molecule has 0 bridgehead atoms. The molecule has 3 aliphatic heterocycles. The van der Waals surface area contributed by atoms with Gasteiger partial charge in [0.25, 0.3) is 0 Å². The molecule has 2 aromatic rings. The summed E-state index contributed by atoms with van der Waals surface area (Å²) in [6.45, 7) is 5.54. The van der Waals surface area contributed by atoms with E-state index in [1.807, 2.05) is 0 Å². The molecule has 4 N–H and O–H groups in total. The average Bonchev–Trinajstić information content (AvgIpc) is 3.76. The molecule has 3 fully saturated rings. The third kappa shape index (κ3) is 11.5. The van der Waals surface area contributed by atoms with Crippen molar-refractivity contribution in [3.63, 3.8) is 0 Å². The summed E-state index contributed by atoms with van der Waals surface area (Å²) in [5, 5.41) is 18.2. The Morgan fingerprint density at radius 1 is 0.885 bits per heavy atom. The number of ether oxygens (including phenoxy) is 2. The number of amides is 6. The van der Waals surface area contributed by atoms with E-state index in [2.05, 4.69) is 20.7 Å². The molecule has 332 valence electrons. The van der Waals surface area contributed by atoms with Gasteiger partial charge in [-0.05, 0) is 68.5 Å². The third-order valence-corrected chi connectivity index (χ3v) is 10.8. The molecule has 0 radical (unpaired) electrons. The maximum Gasteiger partial charge on any atom is 0.573 e. The van der Waals surface area contributed by atoms with E-state index in [4.69, 9.17) is 4.74 Å². The molecule has 3 saturated heterocycles. The van der Waals surface area contributed by atoms with Crippen LogP contribution in [0.4, 0.5) is 22.0 Å². The van der Waals surface area contributed by atoms with E-state index in [-0.39, 0.29) is 36.4 Å². The molecule has 3 aliphatic rings. The van der Waals surface area contributed by atoms with Crippen molar-refractivity contribution < 1.29 is 70.1 Å². The molecule has 16 nitrogen and oxygen atoms in total. The topological polar surface area (TPSA) is 204 Å². The van der Waals surface area contributed by atoms with Crippen LogP contribution in [-0.2, 0) is 51.1 Å². The minimum Gasteiger partial charge on any atom is -0.458 e. The van der Waals surface area contributed by atoms with E-state index in [1.54, 1.807) is 6.92 Å². The molecule has 21 heteroatoms. The molecular formula is C40H47F5N6O10. The van der Waals surface area contributed by atoms with Gasteiger partial charge in [0.1, 0.15) is 59.7 Å². The lowest BCUT2D eigenvalue weighted by atomic mass is 10.0. The largest absolute Gasteiger partial charge is 0.573 e. The van der Waals surface area contributed by atoms with Crippen LogP contribution >= 0.6 is 0 Å². The molecule has 3 heterocycles. The van der Waals surface area contributed by atoms with Gasteiger partial charge in [-0.15, -0.1) is 13.2 Å². The van der Waals surface area contributed by atoms with Gasteiger partial charge < -0.3 is 45.2 Å². The number of benzene rings is 2. The van der Waals surface area contributed by atoms with Crippen LogP contribution in [0.15, 0.2) is 42.5 Å². The first-order chi connectivity index (χ1) is 28.5. The monoisotopic (exact) mass is 866 g/mol. The second-order valence-corrected chi connectivity index (χ2v) is 15.7. The molecule has 0 aromatic heterocycles. The minimum atomic E-state index is -4.97. The Kier molecular flexibility index (Phi) is 14.3. The lowest BCUT2D eigenvalue weighted by Crippen LogP contribution is -2.62. The fourth-order valence-corrected chi connectivity index (χ4v) is 7.61. The van der Waals surface area contributed by atoms with E-state index in [0.717, 1.165) is 34.1 Å². The second kappa shape index (κ2) is 18.8. The van der Waals surface area contributed by atoms with Gasteiger partial charge in [0.15, 0.2) is 0 Å². The number of carbonyl (C=O) groups is 7. The minimum absolute atomic E-state index is 0.112. The highest BCUT2D eigenvalue weighted by molar-refractivity contribution is 5.98. The Morgan fingerprint density at radius 3 is 2.13 bits per heavy atom. The molecule has 5 rings (SSSR count). The fraction of sp³-hybridized carbons (Fsp3) is 0.525. The summed E-state index contributed by atoms with van der Waals surface area (Å²) in [5.41, 5.74) is 0.0682. The number of aliphatic hydroxyl groups excluding tert-OH is 1. The highest BCUT2D eigenvalue weighted by Gasteiger charge is 2.48. The number of cyclic esters (lactones) is 1. The average molecular weight is 867 g/mol. The van der Waals surface area contributed by atoms with Gasteiger partial charge in [-0.3, -0.25) is 28.8 Å². The molecule has 0 saturated carbocycles. The van der Waals surface area contributed by atoms with Crippen molar-refractivity contribution in [3.8, 4) is 5.75 Å². The van der Waals surface area contributed by atoms with Crippen molar-refractivity contribution in [1.82, 2.24) is 30.7 Å². The van der Waals surface area contributed by atoms with Crippen molar-refractivity contribution in [2.24, 2.45) is 5.92 Å². The highest BCUT2D eigenvalue weighted by Crippen LogP contribution is 2.28. The first-order valence-corrected chi connectivity index (χ1v) is 19.5. The summed E-state index contributed by atoms with van der Waals surface area (Å²) in [7, 11) is 1.30. The van der Waals surface area contributed by atoms with Crippen molar-refractivity contribution in [3.05, 3.63) is 65.2 Å². The summed E-state index contributed by atoms with van der Waals surface area (Å²) in [5.74, 6) is -8.91. The lowest BCUT2D eigenvalue weighted by molar-refractivity contribution is -0.274. The molecular weight excluding hydrogens is 819 g/mol. The number of esters is 1.